The van der Waals surface area contributed by atoms with Gasteiger partial charge in [0.05, 0.1) is 5.69 Å². The molecule has 1 heterocycles. The fraction of sp³-hybridized carbons (Fsp3) is 0.0833. The summed E-state index contributed by atoms with van der Waals surface area (Å²) in [6.45, 7) is 2.09. The van der Waals surface area contributed by atoms with Gasteiger partial charge in [-0.3, -0.25) is 4.99 Å². The Balaban J connectivity index is 2.15. The molecule has 0 amide bonds. The van der Waals surface area contributed by atoms with Crippen LogP contribution in [0.5, 0.6) is 0 Å². The fourth-order valence-electron chi connectivity index (χ4n) is 1.17. The van der Waals surface area contributed by atoms with Crippen molar-refractivity contribution < 1.29 is 0 Å². The number of hydrogen-bond donors (Lipinski definition) is 0. The highest BCUT2D eigenvalue weighted by Crippen LogP contribution is 2.14. The predicted molar refractivity (Wildman–Crippen MR) is 62.8 cm³/mol. The van der Waals surface area contributed by atoms with Crippen molar-refractivity contribution in [1.82, 2.24) is 0 Å². The van der Waals surface area contributed by atoms with Gasteiger partial charge in [-0.25, -0.2) is 0 Å². The molecule has 0 unspecified atom stereocenters. The first-order chi connectivity index (χ1) is 6.84. The molecule has 0 saturated carbocycles. The van der Waals surface area contributed by atoms with Crippen LogP contribution in [0.15, 0.2) is 46.8 Å². The van der Waals surface area contributed by atoms with Crippen LogP contribution in [-0.2, 0) is 0 Å². The summed E-state index contributed by atoms with van der Waals surface area (Å²) in [6.07, 6.45) is 1.91. The van der Waals surface area contributed by atoms with Crippen molar-refractivity contribution in [2.45, 2.75) is 6.92 Å². The van der Waals surface area contributed by atoms with Crippen molar-refractivity contribution in [3.05, 3.63) is 52.2 Å². The van der Waals surface area contributed by atoms with Crippen LogP contribution in [0.4, 0.5) is 5.69 Å². The van der Waals surface area contributed by atoms with E-state index in [4.69, 9.17) is 0 Å². The molecule has 0 radical (unpaired) electrons. The highest BCUT2D eigenvalue weighted by atomic mass is 32.1. The molecule has 14 heavy (non-hydrogen) atoms. The topological polar surface area (TPSA) is 12.4 Å². The molecule has 1 aromatic heterocycles. The molecule has 2 heteroatoms. The van der Waals surface area contributed by atoms with Crippen LogP contribution < -0.4 is 0 Å². The molecular weight excluding hydrogens is 190 g/mol. The van der Waals surface area contributed by atoms with Gasteiger partial charge in [0.15, 0.2) is 0 Å². The maximum atomic E-state index is 4.38. The van der Waals surface area contributed by atoms with Crippen molar-refractivity contribution in [2.24, 2.45) is 4.99 Å². The molecule has 0 bridgehead atoms. The van der Waals surface area contributed by atoms with E-state index >= 15 is 0 Å². The van der Waals surface area contributed by atoms with Crippen molar-refractivity contribution in [3.63, 3.8) is 0 Å². The average Bonchev–Trinajstić information content (AvgIpc) is 2.63. The Labute approximate surface area is 87.8 Å². The number of rotatable bonds is 2. The zero-order valence-corrected chi connectivity index (χ0v) is 8.79. The Hall–Kier alpha value is -1.41. The minimum absolute atomic E-state index is 0.999. The Kier molecular flexibility index (Phi) is 2.75. The Morgan fingerprint density at radius 2 is 2.00 bits per heavy atom. The van der Waals surface area contributed by atoms with Gasteiger partial charge < -0.3 is 0 Å². The van der Waals surface area contributed by atoms with Crippen LogP contribution in [0.25, 0.3) is 0 Å². The van der Waals surface area contributed by atoms with E-state index in [1.807, 2.05) is 36.5 Å². The second-order valence-corrected chi connectivity index (χ2v) is 4.06. The monoisotopic (exact) mass is 201 g/mol. The largest absolute Gasteiger partial charge is 0.255 e. The van der Waals surface area contributed by atoms with Gasteiger partial charge in [-0.05, 0) is 36.1 Å². The average molecular weight is 201 g/mol. The van der Waals surface area contributed by atoms with E-state index in [2.05, 4.69) is 23.4 Å². The van der Waals surface area contributed by atoms with Gasteiger partial charge in [-0.15, -0.1) is 11.3 Å². The lowest BCUT2D eigenvalue weighted by Crippen LogP contribution is -1.71. The van der Waals surface area contributed by atoms with Crippen LogP contribution in [0, 0.1) is 6.92 Å². The smallest absolute Gasteiger partial charge is 0.0630 e. The Morgan fingerprint density at radius 1 is 1.21 bits per heavy atom. The molecule has 1 nitrogen and oxygen atoms in total. The molecule has 0 aliphatic rings. The van der Waals surface area contributed by atoms with Crippen molar-refractivity contribution in [2.75, 3.05) is 0 Å². The molecule has 1 aromatic carbocycles. The van der Waals surface area contributed by atoms with E-state index in [1.54, 1.807) is 11.3 Å². The first-order valence-corrected chi connectivity index (χ1v) is 5.37. The fourth-order valence-corrected chi connectivity index (χ4v) is 1.93. The van der Waals surface area contributed by atoms with Crippen molar-refractivity contribution >= 4 is 23.2 Å². The molecule has 0 spiro atoms. The highest BCUT2D eigenvalue weighted by molar-refractivity contribution is 7.11. The van der Waals surface area contributed by atoms with Crippen LogP contribution in [0.3, 0.4) is 0 Å². The number of nitrogens with zero attached hydrogens (tertiary/aromatic N) is 1. The predicted octanol–water partition coefficient (Wildman–Crippen LogP) is 3.81. The number of para-hydroxylation sites is 1. The van der Waals surface area contributed by atoms with Gasteiger partial charge >= 0.3 is 0 Å². The summed E-state index contributed by atoms with van der Waals surface area (Å²) in [5.74, 6) is 0. The quantitative estimate of drug-likeness (QED) is 0.655. The molecule has 0 atom stereocenters. The molecule has 70 valence electrons. The number of aliphatic imine (C=N–C) groups is 1. The normalized spacial score (nSPS) is 10.9. The summed E-state index contributed by atoms with van der Waals surface area (Å²) in [5, 5.41) is 2.13. The zero-order chi connectivity index (χ0) is 9.80. The maximum Gasteiger partial charge on any atom is 0.0630 e. The summed E-state index contributed by atoms with van der Waals surface area (Å²) >= 11 is 1.72. The van der Waals surface area contributed by atoms with Crippen LogP contribution >= 0.6 is 11.3 Å². The highest BCUT2D eigenvalue weighted by Gasteiger charge is 1.91. The lowest BCUT2D eigenvalue weighted by molar-refractivity contribution is 1.53. The first kappa shape index (κ1) is 9.16. The Morgan fingerprint density at radius 3 is 2.64 bits per heavy atom. The number of hydrogen-bond acceptors (Lipinski definition) is 2. The Bertz CT molecular complexity index is 429. The van der Waals surface area contributed by atoms with Crippen molar-refractivity contribution in [3.8, 4) is 0 Å². The first-order valence-electron chi connectivity index (χ1n) is 4.49. The minimum atomic E-state index is 0.999. The molecule has 0 N–H and O–H groups in total. The lowest BCUT2D eigenvalue weighted by atomic mass is 10.3. The molecule has 0 saturated heterocycles. The third kappa shape index (κ3) is 2.30. The molecule has 0 aliphatic heterocycles. The summed E-state index contributed by atoms with van der Waals surface area (Å²) in [7, 11) is 0. The second-order valence-electron chi connectivity index (χ2n) is 3.12. The van der Waals surface area contributed by atoms with Gasteiger partial charge in [0.25, 0.3) is 0 Å². The van der Waals surface area contributed by atoms with E-state index in [9.17, 15) is 0 Å². The summed E-state index contributed by atoms with van der Waals surface area (Å²) < 4.78 is 0. The SMILES string of the molecule is Cc1csc(C=Nc2ccccc2)c1. The number of thiophene rings is 1. The van der Waals surface area contributed by atoms with Crippen LogP contribution in [0.2, 0.25) is 0 Å². The van der Waals surface area contributed by atoms with E-state index in [0.717, 1.165) is 5.69 Å². The van der Waals surface area contributed by atoms with E-state index in [-0.39, 0.29) is 0 Å². The molecule has 2 rings (SSSR count). The summed E-state index contributed by atoms with van der Waals surface area (Å²) in [4.78, 5) is 5.58. The second kappa shape index (κ2) is 4.20. The summed E-state index contributed by atoms with van der Waals surface area (Å²) in [6, 6.07) is 12.1. The lowest BCUT2D eigenvalue weighted by Gasteiger charge is -1.89. The summed E-state index contributed by atoms with van der Waals surface area (Å²) in [5.41, 5.74) is 2.29. The number of benzene rings is 1. The van der Waals surface area contributed by atoms with Crippen LogP contribution in [0.1, 0.15) is 10.4 Å². The molecule has 0 fully saturated rings. The third-order valence-electron chi connectivity index (χ3n) is 1.85. The van der Waals surface area contributed by atoms with E-state index < -0.39 is 0 Å². The van der Waals surface area contributed by atoms with Gasteiger partial charge in [-0.1, -0.05) is 18.2 Å². The van der Waals surface area contributed by atoms with E-state index in [0.29, 0.717) is 0 Å². The molecule has 0 aliphatic carbocycles. The minimum Gasteiger partial charge on any atom is -0.255 e. The zero-order valence-electron chi connectivity index (χ0n) is 7.97. The van der Waals surface area contributed by atoms with Crippen LogP contribution in [-0.4, -0.2) is 6.21 Å². The van der Waals surface area contributed by atoms with Gasteiger partial charge in [0.1, 0.15) is 0 Å². The van der Waals surface area contributed by atoms with Crippen molar-refractivity contribution in [1.29, 1.82) is 0 Å². The third-order valence-corrected chi connectivity index (χ3v) is 2.83. The van der Waals surface area contributed by atoms with Gasteiger partial charge in [0, 0.05) is 11.1 Å². The van der Waals surface area contributed by atoms with Gasteiger partial charge in [0.2, 0.25) is 0 Å². The molecular formula is C12H11NS. The molecule has 2 aromatic rings. The number of aryl methyl sites for hydroxylation is 1. The standard InChI is InChI=1S/C12H11NS/c1-10-7-12(14-9-10)8-13-11-5-3-2-4-6-11/h2-9H,1H3. The maximum absolute atomic E-state index is 4.38. The van der Waals surface area contributed by atoms with Gasteiger partial charge in [-0.2, -0.15) is 0 Å². The van der Waals surface area contributed by atoms with E-state index in [1.165, 1.54) is 10.4 Å².